The summed E-state index contributed by atoms with van der Waals surface area (Å²) in [4.78, 5) is 17.7. The van der Waals surface area contributed by atoms with Gasteiger partial charge in [0.25, 0.3) is 11.7 Å². The van der Waals surface area contributed by atoms with Gasteiger partial charge in [0, 0.05) is 17.4 Å². The third-order valence-corrected chi connectivity index (χ3v) is 5.32. The van der Waals surface area contributed by atoms with E-state index in [9.17, 15) is 4.79 Å². The molecule has 2 aromatic carbocycles. The summed E-state index contributed by atoms with van der Waals surface area (Å²) in [6.07, 6.45) is 2.64. The van der Waals surface area contributed by atoms with Gasteiger partial charge in [0.15, 0.2) is 10.4 Å². The molecule has 0 saturated heterocycles. The van der Waals surface area contributed by atoms with Gasteiger partial charge in [-0.1, -0.05) is 31.5 Å². The molecular weight excluding hydrogens is 434 g/mol. The van der Waals surface area contributed by atoms with Gasteiger partial charge in [0.05, 0.1) is 12.7 Å². The molecule has 0 saturated carbocycles. The van der Waals surface area contributed by atoms with Crippen LogP contribution < -0.4 is 4.74 Å². The highest BCUT2D eigenvalue weighted by atomic mass is 79.9. The highest BCUT2D eigenvalue weighted by Gasteiger charge is 2.27. The molecule has 4 aromatic rings. The van der Waals surface area contributed by atoms with Gasteiger partial charge in [0.1, 0.15) is 17.1 Å². The summed E-state index contributed by atoms with van der Waals surface area (Å²) in [5, 5.41) is 0.781. The molecule has 0 unspecified atom stereocenters. The number of ether oxygens (including phenoxy) is 1. The third kappa shape index (κ3) is 3.72. The van der Waals surface area contributed by atoms with Crippen LogP contribution in [0.5, 0.6) is 5.75 Å². The van der Waals surface area contributed by atoms with E-state index in [0.717, 1.165) is 29.5 Å². The van der Waals surface area contributed by atoms with Crippen LogP contribution in [0.4, 0.5) is 0 Å². The maximum Gasteiger partial charge on any atom is 0.270 e. The lowest BCUT2D eigenvalue weighted by atomic mass is 10.0. The highest BCUT2D eigenvalue weighted by molar-refractivity contribution is 9.10. The molecule has 2 aromatic heterocycles. The van der Waals surface area contributed by atoms with Crippen LogP contribution in [0.15, 0.2) is 62.0 Å². The molecule has 4 rings (SSSR count). The van der Waals surface area contributed by atoms with Crippen molar-refractivity contribution in [2.75, 3.05) is 7.11 Å². The van der Waals surface area contributed by atoms with E-state index in [1.807, 2.05) is 48.5 Å². The average Bonchev–Trinajstić information content (AvgIpc) is 3.32. The van der Waals surface area contributed by atoms with Crippen molar-refractivity contribution in [3.63, 3.8) is 0 Å². The Kier molecular flexibility index (Phi) is 5.53. The number of nitrogens with zero attached hydrogens (tertiary/aromatic N) is 1. The van der Waals surface area contributed by atoms with Crippen molar-refractivity contribution in [2.45, 2.75) is 26.2 Å². The number of fused-ring (bicyclic) bond motifs is 1. The lowest BCUT2D eigenvalue weighted by Crippen LogP contribution is -2.04. The Morgan fingerprint density at radius 1 is 1.10 bits per heavy atom. The Morgan fingerprint density at radius 2 is 1.86 bits per heavy atom. The Balaban J connectivity index is 1.75. The fourth-order valence-corrected chi connectivity index (χ4v) is 3.76. The summed E-state index contributed by atoms with van der Waals surface area (Å²) in [6.45, 7) is 2.11. The summed E-state index contributed by atoms with van der Waals surface area (Å²) in [6, 6.07) is 14.9. The zero-order valence-electron chi connectivity index (χ0n) is 16.2. The average molecular weight is 454 g/mol. The molecule has 0 amide bonds. The molecule has 0 spiro atoms. The molecule has 0 N–H and O–H groups in total. The van der Waals surface area contributed by atoms with Gasteiger partial charge < -0.3 is 13.6 Å². The zero-order chi connectivity index (χ0) is 20.4. The van der Waals surface area contributed by atoms with Gasteiger partial charge in [-0.3, -0.25) is 4.79 Å². The Morgan fingerprint density at radius 3 is 2.59 bits per heavy atom. The normalized spacial score (nSPS) is 11.1. The lowest BCUT2D eigenvalue weighted by molar-refractivity contribution is 0.100. The van der Waals surface area contributed by atoms with Crippen molar-refractivity contribution in [3.8, 4) is 17.1 Å². The van der Waals surface area contributed by atoms with E-state index in [1.165, 1.54) is 0 Å². The van der Waals surface area contributed by atoms with Crippen LogP contribution in [-0.4, -0.2) is 17.9 Å². The summed E-state index contributed by atoms with van der Waals surface area (Å²) in [5.41, 5.74) is 2.03. The van der Waals surface area contributed by atoms with Crippen molar-refractivity contribution in [1.82, 2.24) is 4.98 Å². The monoisotopic (exact) mass is 453 g/mol. The molecule has 6 heteroatoms. The van der Waals surface area contributed by atoms with Crippen molar-refractivity contribution in [3.05, 3.63) is 70.3 Å². The van der Waals surface area contributed by atoms with E-state index in [-0.39, 0.29) is 11.7 Å². The minimum atomic E-state index is -0.276. The Labute approximate surface area is 176 Å². The quantitative estimate of drug-likeness (QED) is 0.301. The molecule has 2 heterocycles. The molecule has 0 aliphatic carbocycles. The number of oxazole rings is 1. The van der Waals surface area contributed by atoms with Gasteiger partial charge in [-0.05, 0) is 52.7 Å². The topological polar surface area (TPSA) is 65.5 Å². The first-order valence-corrected chi connectivity index (χ1v) is 10.3. The number of carbonyl (C=O) groups excluding carboxylic acids is 1. The summed E-state index contributed by atoms with van der Waals surface area (Å²) in [7, 11) is 1.61. The first-order chi connectivity index (χ1) is 14.1. The smallest absolute Gasteiger partial charge is 0.270 e. The van der Waals surface area contributed by atoms with Crippen LogP contribution in [0.2, 0.25) is 0 Å². The van der Waals surface area contributed by atoms with E-state index >= 15 is 0 Å². The predicted octanol–water partition coefficient (Wildman–Crippen LogP) is 6.43. The number of hydrogen-bond donors (Lipinski definition) is 0. The van der Waals surface area contributed by atoms with Gasteiger partial charge in [-0.2, -0.15) is 4.98 Å². The number of hydrogen-bond acceptors (Lipinski definition) is 5. The summed E-state index contributed by atoms with van der Waals surface area (Å²) in [5.74, 6) is 1.68. The molecule has 0 aliphatic rings. The fourth-order valence-electron chi connectivity index (χ4n) is 3.28. The maximum absolute atomic E-state index is 13.3. The summed E-state index contributed by atoms with van der Waals surface area (Å²) < 4.78 is 17.5. The van der Waals surface area contributed by atoms with E-state index in [4.69, 9.17) is 13.6 Å². The van der Waals surface area contributed by atoms with Crippen LogP contribution in [0, 0.1) is 0 Å². The van der Waals surface area contributed by atoms with Crippen molar-refractivity contribution in [2.24, 2.45) is 0 Å². The highest BCUT2D eigenvalue weighted by Crippen LogP contribution is 2.33. The van der Waals surface area contributed by atoms with Gasteiger partial charge in [-0.25, -0.2) is 0 Å². The van der Waals surface area contributed by atoms with E-state index in [2.05, 4.69) is 27.8 Å². The van der Waals surface area contributed by atoms with Crippen LogP contribution >= 0.6 is 15.9 Å². The molecule has 0 bridgehead atoms. The van der Waals surface area contributed by atoms with Gasteiger partial charge >= 0.3 is 0 Å². The van der Waals surface area contributed by atoms with Crippen LogP contribution in [-0.2, 0) is 6.42 Å². The Bertz CT molecular complexity index is 1160. The second kappa shape index (κ2) is 8.25. The number of aromatic nitrogens is 1. The van der Waals surface area contributed by atoms with Gasteiger partial charge in [0.2, 0.25) is 0 Å². The number of benzene rings is 2. The molecule has 5 nitrogen and oxygen atoms in total. The largest absolute Gasteiger partial charge is 0.497 e. The fraction of sp³-hybridized carbons (Fsp3) is 0.217. The second-order valence-electron chi connectivity index (χ2n) is 6.70. The van der Waals surface area contributed by atoms with Crippen LogP contribution in [0.25, 0.3) is 22.3 Å². The number of para-hydroxylation sites is 1. The molecule has 0 radical (unpaired) electrons. The molecule has 29 heavy (non-hydrogen) atoms. The SMILES string of the molecule is CCCCc1oc2ccccc2c1C(=O)c1nc(Br)c(-c2ccc(OC)cc2)o1. The minimum absolute atomic E-state index is 0.0343. The Hall–Kier alpha value is -2.86. The van der Waals surface area contributed by atoms with E-state index < -0.39 is 0 Å². The van der Waals surface area contributed by atoms with Crippen molar-refractivity contribution in [1.29, 1.82) is 0 Å². The van der Waals surface area contributed by atoms with Crippen molar-refractivity contribution >= 4 is 32.7 Å². The summed E-state index contributed by atoms with van der Waals surface area (Å²) >= 11 is 3.42. The number of carbonyl (C=O) groups is 1. The number of ketones is 1. The first kappa shape index (κ1) is 19.5. The molecule has 0 atom stereocenters. The number of methoxy groups -OCH3 is 1. The minimum Gasteiger partial charge on any atom is -0.497 e. The van der Waals surface area contributed by atoms with E-state index in [0.29, 0.717) is 33.7 Å². The number of furan rings is 1. The standard InChI is InChI=1S/C23H20BrNO4/c1-3-4-8-18-19(16-7-5-6-9-17(16)28-18)20(26)23-25-22(24)21(29-23)14-10-12-15(27-2)13-11-14/h5-7,9-13H,3-4,8H2,1-2H3. The van der Waals surface area contributed by atoms with E-state index in [1.54, 1.807) is 7.11 Å². The number of aryl methyl sites for hydroxylation is 1. The van der Waals surface area contributed by atoms with Crippen LogP contribution in [0.3, 0.4) is 0 Å². The molecular formula is C23H20BrNO4. The second-order valence-corrected chi connectivity index (χ2v) is 7.45. The number of unbranched alkanes of at least 4 members (excludes halogenated alkanes) is 1. The molecule has 0 fully saturated rings. The van der Waals surface area contributed by atoms with Crippen LogP contribution in [0.1, 0.15) is 41.8 Å². The van der Waals surface area contributed by atoms with Gasteiger partial charge in [-0.15, -0.1) is 0 Å². The molecule has 148 valence electrons. The number of rotatable bonds is 7. The predicted molar refractivity (Wildman–Crippen MR) is 114 cm³/mol. The third-order valence-electron chi connectivity index (χ3n) is 4.79. The maximum atomic E-state index is 13.3. The molecule has 0 aliphatic heterocycles. The van der Waals surface area contributed by atoms with Crippen molar-refractivity contribution < 1.29 is 18.4 Å². The zero-order valence-corrected chi connectivity index (χ0v) is 17.8. The number of halogens is 1. The lowest BCUT2D eigenvalue weighted by Gasteiger charge is -2.01. The first-order valence-electron chi connectivity index (χ1n) is 9.48.